The zero-order chi connectivity index (χ0) is 23.5. The molecule has 33 heavy (non-hydrogen) atoms. The first-order valence-electron chi connectivity index (χ1n) is 11.2. The number of carbonyl (C=O) groups excluding carboxylic acids is 1. The first kappa shape index (κ1) is 23.4. The molecule has 2 aromatic heterocycles. The average molecular weight is 472 g/mol. The second-order valence-electron chi connectivity index (χ2n) is 8.36. The molecule has 1 aromatic carbocycles. The Morgan fingerprint density at radius 3 is 2.79 bits per heavy atom. The normalized spacial score (nSPS) is 14.6. The third kappa shape index (κ3) is 5.43. The van der Waals surface area contributed by atoms with Crippen molar-refractivity contribution in [2.24, 2.45) is 0 Å². The van der Waals surface area contributed by atoms with Gasteiger partial charge in [0.05, 0.1) is 18.5 Å². The summed E-state index contributed by atoms with van der Waals surface area (Å²) in [7, 11) is 0. The monoisotopic (exact) mass is 471 g/mol. The van der Waals surface area contributed by atoms with Gasteiger partial charge in [0, 0.05) is 12.6 Å². The number of aliphatic hydroxyl groups excluding tert-OH is 1. The zero-order valence-corrected chi connectivity index (χ0v) is 19.9. The number of aliphatic hydroxyl groups is 1. The number of aryl methyl sites for hydroxylation is 2. The predicted molar refractivity (Wildman–Crippen MR) is 127 cm³/mol. The molecule has 2 heterocycles. The van der Waals surface area contributed by atoms with Crippen LogP contribution in [0.5, 0.6) is 5.75 Å². The van der Waals surface area contributed by atoms with Gasteiger partial charge < -0.3 is 19.6 Å². The van der Waals surface area contributed by atoms with Crippen LogP contribution in [0.3, 0.4) is 0 Å². The van der Waals surface area contributed by atoms with Crippen molar-refractivity contribution in [2.45, 2.75) is 52.3 Å². The summed E-state index contributed by atoms with van der Waals surface area (Å²) < 4.78 is 10.9. The number of aromatic nitrogens is 2. The number of esters is 1. The van der Waals surface area contributed by atoms with E-state index in [9.17, 15) is 14.7 Å². The Morgan fingerprint density at radius 1 is 1.33 bits per heavy atom. The van der Waals surface area contributed by atoms with Gasteiger partial charge in [0.25, 0.3) is 5.56 Å². The molecule has 3 aromatic rings. The lowest BCUT2D eigenvalue weighted by molar-refractivity contribution is 0.0531. The lowest BCUT2D eigenvalue weighted by Crippen LogP contribution is -2.37. The molecule has 8 nitrogen and oxygen atoms in total. The number of hydrogen-bond donors (Lipinski definition) is 2. The molecular weight excluding hydrogens is 442 g/mol. The van der Waals surface area contributed by atoms with Crippen molar-refractivity contribution in [2.75, 3.05) is 19.8 Å². The molecule has 9 heteroatoms. The van der Waals surface area contributed by atoms with E-state index in [2.05, 4.69) is 14.9 Å². The number of nitrogens with one attached hydrogen (secondary N) is 1. The zero-order valence-electron chi connectivity index (χ0n) is 19.1. The van der Waals surface area contributed by atoms with E-state index < -0.39 is 12.1 Å². The van der Waals surface area contributed by atoms with Crippen molar-refractivity contribution >= 4 is 27.5 Å². The summed E-state index contributed by atoms with van der Waals surface area (Å²) in [5, 5.41) is 11.0. The molecule has 1 saturated carbocycles. The molecule has 0 spiro atoms. The van der Waals surface area contributed by atoms with Crippen molar-refractivity contribution in [3.8, 4) is 5.75 Å². The Bertz CT molecular complexity index is 1200. The number of H-pyrrole nitrogens is 1. The maximum atomic E-state index is 12.8. The van der Waals surface area contributed by atoms with Crippen molar-refractivity contribution in [1.29, 1.82) is 0 Å². The molecule has 0 bridgehead atoms. The van der Waals surface area contributed by atoms with Crippen molar-refractivity contribution < 1.29 is 19.4 Å². The van der Waals surface area contributed by atoms with Gasteiger partial charge in [0.1, 0.15) is 34.0 Å². The molecule has 1 fully saturated rings. The van der Waals surface area contributed by atoms with E-state index in [0.29, 0.717) is 45.6 Å². The summed E-state index contributed by atoms with van der Waals surface area (Å²) in [6.07, 6.45) is 1.41. The highest BCUT2D eigenvalue weighted by molar-refractivity contribution is 7.20. The number of nitrogens with zero attached hydrogens (tertiary/aromatic N) is 2. The molecule has 1 unspecified atom stereocenters. The number of fused-ring (bicyclic) bond motifs is 1. The molecule has 4 rings (SSSR count). The number of para-hydroxylation sites is 1. The van der Waals surface area contributed by atoms with Gasteiger partial charge in [-0.05, 0) is 50.8 Å². The molecule has 0 saturated heterocycles. The number of aromatic amines is 1. The van der Waals surface area contributed by atoms with Crippen LogP contribution < -0.4 is 10.3 Å². The van der Waals surface area contributed by atoms with Gasteiger partial charge in [-0.25, -0.2) is 9.78 Å². The molecule has 176 valence electrons. The Kier molecular flexibility index (Phi) is 7.11. The van der Waals surface area contributed by atoms with Gasteiger partial charge in [-0.2, -0.15) is 0 Å². The van der Waals surface area contributed by atoms with E-state index >= 15 is 0 Å². The second-order valence-corrected chi connectivity index (χ2v) is 9.36. The van der Waals surface area contributed by atoms with Crippen LogP contribution in [0.15, 0.2) is 29.1 Å². The average Bonchev–Trinajstić information content (AvgIpc) is 3.56. The van der Waals surface area contributed by atoms with Crippen LogP contribution in [-0.2, 0) is 11.3 Å². The second kappa shape index (κ2) is 10.0. The molecule has 2 N–H and O–H groups in total. The van der Waals surface area contributed by atoms with Crippen LogP contribution >= 0.6 is 11.3 Å². The lowest BCUT2D eigenvalue weighted by atomic mass is 10.2. The Hall–Kier alpha value is -2.75. The van der Waals surface area contributed by atoms with Gasteiger partial charge in [-0.3, -0.25) is 9.69 Å². The number of thiophene rings is 1. The van der Waals surface area contributed by atoms with Crippen molar-refractivity contribution in [3.63, 3.8) is 0 Å². The molecule has 1 atom stereocenters. The lowest BCUT2D eigenvalue weighted by Gasteiger charge is -2.24. The fraction of sp³-hybridized carbons (Fsp3) is 0.458. The highest BCUT2D eigenvalue weighted by Gasteiger charge is 2.31. The molecule has 0 aliphatic heterocycles. The van der Waals surface area contributed by atoms with E-state index in [-0.39, 0.29) is 18.8 Å². The minimum absolute atomic E-state index is 0.185. The molecule has 0 radical (unpaired) electrons. The van der Waals surface area contributed by atoms with Gasteiger partial charge in [0.2, 0.25) is 0 Å². The highest BCUT2D eigenvalue weighted by atomic mass is 32.1. The van der Waals surface area contributed by atoms with Crippen molar-refractivity contribution in [3.05, 3.63) is 56.4 Å². The SMILES string of the molecule is CCOC(=O)c1sc2nc(CN(CC(O)COc3ccccc3C)C3CC3)[nH]c(=O)c2c1C. The van der Waals surface area contributed by atoms with Crippen LogP contribution in [0, 0.1) is 13.8 Å². The fourth-order valence-corrected chi connectivity index (χ4v) is 4.95. The summed E-state index contributed by atoms with van der Waals surface area (Å²) in [5.74, 6) is 0.842. The molecule has 1 aliphatic rings. The standard InChI is InChI=1S/C24H29N3O5S/c1-4-31-24(30)21-15(3)20-22(29)25-19(26-23(20)33-21)12-27(16-9-10-16)11-17(28)13-32-18-8-6-5-7-14(18)2/h5-8,16-17,28H,4,9-13H2,1-3H3,(H,25,26,29). The summed E-state index contributed by atoms with van der Waals surface area (Å²) in [4.78, 5) is 35.5. The van der Waals surface area contributed by atoms with Crippen LogP contribution in [0.1, 0.15) is 46.4 Å². The Labute approximate surface area is 196 Å². The minimum Gasteiger partial charge on any atom is -0.491 e. The van der Waals surface area contributed by atoms with E-state index in [1.165, 1.54) is 11.3 Å². The van der Waals surface area contributed by atoms with E-state index in [0.717, 1.165) is 24.2 Å². The number of rotatable bonds is 10. The summed E-state index contributed by atoms with van der Waals surface area (Å²) in [5.41, 5.74) is 1.35. The van der Waals surface area contributed by atoms with Crippen LogP contribution in [0.4, 0.5) is 0 Å². The van der Waals surface area contributed by atoms with Gasteiger partial charge in [0.15, 0.2) is 0 Å². The molecule has 0 amide bonds. The van der Waals surface area contributed by atoms with Crippen molar-refractivity contribution in [1.82, 2.24) is 14.9 Å². The van der Waals surface area contributed by atoms with Crippen LogP contribution in [-0.4, -0.2) is 57.8 Å². The first-order chi connectivity index (χ1) is 15.9. The smallest absolute Gasteiger partial charge is 0.348 e. The van der Waals surface area contributed by atoms with Crippen LogP contribution in [0.25, 0.3) is 10.2 Å². The fourth-order valence-electron chi connectivity index (χ4n) is 3.86. The summed E-state index contributed by atoms with van der Waals surface area (Å²) >= 11 is 1.18. The Balaban J connectivity index is 1.47. The minimum atomic E-state index is -0.681. The van der Waals surface area contributed by atoms with Crippen LogP contribution in [0.2, 0.25) is 0 Å². The predicted octanol–water partition coefficient (Wildman–Crippen LogP) is 3.18. The number of carbonyl (C=O) groups is 1. The van der Waals surface area contributed by atoms with E-state index in [4.69, 9.17) is 9.47 Å². The highest BCUT2D eigenvalue weighted by Crippen LogP contribution is 2.30. The largest absolute Gasteiger partial charge is 0.491 e. The Morgan fingerprint density at radius 2 is 2.09 bits per heavy atom. The third-order valence-corrected chi connectivity index (χ3v) is 6.86. The van der Waals surface area contributed by atoms with Gasteiger partial charge >= 0.3 is 5.97 Å². The quantitative estimate of drug-likeness (QED) is 0.438. The maximum absolute atomic E-state index is 12.8. The van der Waals surface area contributed by atoms with E-state index in [1.807, 2.05) is 31.2 Å². The summed E-state index contributed by atoms with van der Waals surface area (Å²) in [6.45, 7) is 6.73. The van der Waals surface area contributed by atoms with Gasteiger partial charge in [-0.1, -0.05) is 18.2 Å². The molecular formula is C24H29N3O5S. The summed E-state index contributed by atoms with van der Waals surface area (Å²) in [6, 6.07) is 8.05. The molecule has 1 aliphatic carbocycles. The first-order valence-corrected chi connectivity index (χ1v) is 12.0. The topological polar surface area (TPSA) is 105 Å². The van der Waals surface area contributed by atoms with E-state index in [1.54, 1.807) is 13.8 Å². The van der Waals surface area contributed by atoms with Gasteiger partial charge in [-0.15, -0.1) is 11.3 Å². The third-order valence-electron chi connectivity index (χ3n) is 5.70. The number of benzene rings is 1. The maximum Gasteiger partial charge on any atom is 0.348 e. The number of hydrogen-bond acceptors (Lipinski definition) is 8. The number of ether oxygens (including phenoxy) is 2.